The molecule has 1 aromatic heterocycles. The molecule has 98 valence electrons. The number of rotatable bonds is 4. The Morgan fingerprint density at radius 1 is 1.56 bits per heavy atom. The number of amides is 1. The average Bonchev–Trinajstić information content (AvgIpc) is 2.93. The fourth-order valence-electron chi connectivity index (χ4n) is 2.24. The van der Waals surface area contributed by atoms with Crippen molar-refractivity contribution in [3.05, 3.63) is 29.7 Å². The lowest BCUT2D eigenvalue weighted by Gasteiger charge is -2.08. The summed E-state index contributed by atoms with van der Waals surface area (Å²) in [6, 6.07) is 3.68. The van der Waals surface area contributed by atoms with Gasteiger partial charge in [-0.2, -0.15) is 0 Å². The Hall–Kier alpha value is -1.55. The van der Waals surface area contributed by atoms with Crippen molar-refractivity contribution < 1.29 is 14.3 Å². The van der Waals surface area contributed by atoms with E-state index >= 15 is 0 Å². The zero-order valence-corrected chi connectivity index (χ0v) is 10.6. The van der Waals surface area contributed by atoms with Crippen molar-refractivity contribution in [3.8, 4) is 0 Å². The Balaban J connectivity index is 1.73. The zero-order valence-electron chi connectivity index (χ0n) is 10.6. The maximum absolute atomic E-state index is 11.6. The summed E-state index contributed by atoms with van der Waals surface area (Å²) in [6.07, 6.45) is 5.58. The summed E-state index contributed by atoms with van der Waals surface area (Å²) in [4.78, 5) is 11.6. The van der Waals surface area contributed by atoms with Gasteiger partial charge in [0, 0.05) is 12.6 Å². The van der Waals surface area contributed by atoms with Crippen molar-refractivity contribution in [2.45, 2.75) is 32.3 Å². The van der Waals surface area contributed by atoms with Gasteiger partial charge in [-0.05, 0) is 50.3 Å². The minimum atomic E-state index is -0.187. The number of carbonyl (C=O) groups is 1. The minimum absolute atomic E-state index is 0.120. The lowest BCUT2D eigenvalue weighted by Crippen LogP contribution is -2.26. The number of nitrogens with one attached hydrogen (secondary N) is 1. The Bertz CT molecular complexity index is 436. The van der Waals surface area contributed by atoms with Crippen LogP contribution in [0, 0.1) is 12.8 Å². The number of hydrogen-bond acceptors (Lipinski definition) is 3. The molecular weight excluding hydrogens is 230 g/mol. The summed E-state index contributed by atoms with van der Waals surface area (Å²) in [5.74, 6) is 1.79. The van der Waals surface area contributed by atoms with Gasteiger partial charge in [-0.15, -0.1) is 0 Å². The highest BCUT2D eigenvalue weighted by Gasteiger charge is 2.22. The Kier molecular flexibility index (Phi) is 4.20. The molecular formula is C14H19NO3. The molecule has 1 aliphatic carbocycles. The van der Waals surface area contributed by atoms with Crippen LogP contribution in [0.4, 0.5) is 0 Å². The first-order valence-corrected chi connectivity index (χ1v) is 6.34. The van der Waals surface area contributed by atoms with Gasteiger partial charge in [0.25, 0.3) is 0 Å². The van der Waals surface area contributed by atoms with E-state index in [2.05, 4.69) is 5.32 Å². The second-order valence-electron chi connectivity index (χ2n) is 4.86. The summed E-state index contributed by atoms with van der Waals surface area (Å²) in [7, 11) is 0. The molecule has 1 fully saturated rings. The zero-order chi connectivity index (χ0) is 13.0. The van der Waals surface area contributed by atoms with Crippen molar-refractivity contribution in [3.63, 3.8) is 0 Å². The molecule has 0 aromatic carbocycles. The second kappa shape index (κ2) is 5.87. The molecule has 0 spiro atoms. The normalized spacial score (nSPS) is 23.7. The molecule has 4 heteroatoms. The fourth-order valence-corrected chi connectivity index (χ4v) is 2.24. The molecule has 1 aromatic rings. The van der Waals surface area contributed by atoms with Gasteiger partial charge >= 0.3 is 0 Å². The number of hydrogen-bond donors (Lipinski definition) is 2. The highest BCUT2D eigenvalue weighted by atomic mass is 16.3. The molecule has 0 radical (unpaired) electrons. The third-order valence-corrected chi connectivity index (χ3v) is 3.24. The van der Waals surface area contributed by atoms with E-state index in [4.69, 9.17) is 4.42 Å². The molecule has 2 unspecified atom stereocenters. The first-order valence-electron chi connectivity index (χ1n) is 6.34. The number of carbonyl (C=O) groups excluding carboxylic acids is 1. The Labute approximate surface area is 107 Å². The van der Waals surface area contributed by atoms with Crippen molar-refractivity contribution in [1.82, 2.24) is 5.32 Å². The quantitative estimate of drug-likeness (QED) is 0.801. The van der Waals surface area contributed by atoms with Crippen molar-refractivity contribution in [2.24, 2.45) is 5.92 Å². The van der Waals surface area contributed by atoms with Crippen LogP contribution < -0.4 is 5.32 Å². The van der Waals surface area contributed by atoms with E-state index in [1.54, 1.807) is 6.08 Å². The highest BCUT2D eigenvalue weighted by molar-refractivity contribution is 5.91. The van der Waals surface area contributed by atoms with Crippen LogP contribution >= 0.6 is 0 Å². The Morgan fingerprint density at radius 3 is 3.00 bits per heavy atom. The maximum Gasteiger partial charge on any atom is 0.244 e. The molecule has 0 saturated heterocycles. The van der Waals surface area contributed by atoms with Crippen LogP contribution in [0.15, 0.2) is 22.6 Å². The molecule has 18 heavy (non-hydrogen) atoms. The average molecular weight is 249 g/mol. The number of aliphatic hydroxyl groups is 1. The van der Waals surface area contributed by atoms with Crippen molar-refractivity contribution >= 4 is 12.0 Å². The van der Waals surface area contributed by atoms with Gasteiger partial charge in [0.1, 0.15) is 11.5 Å². The largest absolute Gasteiger partial charge is 0.462 e. The predicted octanol–water partition coefficient (Wildman–Crippen LogP) is 1.88. The molecule has 1 saturated carbocycles. The van der Waals surface area contributed by atoms with Crippen LogP contribution in [0.2, 0.25) is 0 Å². The topological polar surface area (TPSA) is 62.5 Å². The second-order valence-corrected chi connectivity index (χ2v) is 4.86. The van der Waals surface area contributed by atoms with Crippen molar-refractivity contribution in [1.29, 1.82) is 0 Å². The van der Waals surface area contributed by atoms with Crippen LogP contribution in [0.1, 0.15) is 30.8 Å². The summed E-state index contributed by atoms with van der Waals surface area (Å²) >= 11 is 0. The predicted molar refractivity (Wildman–Crippen MR) is 68.8 cm³/mol. The monoisotopic (exact) mass is 249 g/mol. The minimum Gasteiger partial charge on any atom is -0.462 e. The number of aliphatic hydroxyl groups excluding tert-OH is 1. The molecule has 1 aliphatic rings. The molecule has 2 atom stereocenters. The SMILES string of the molecule is Cc1ccc(/C=C/C(=O)NCC2CCC(O)C2)o1. The summed E-state index contributed by atoms with van der Waals surface area (Å²) in [5.41, 5.74) is 0. The van der Waals surface area contributed by atoms with Crippen LogP contribution in [0.5, 0.6) is 0 Å². The highest BCUT2D eigenvalue weighted by Crippen LogP contribution is 2.24. The van der Waals surface area contributed by atoms with Gasteiger partial charge < -0.3 is 14.8 Å². The molecule has 1 heterocycles. The summed E-state index contributed by atoms with van der Waals surface area (Å²) in [6.45, 7) is 2.50. The van der Waals surface area contributed by atoms with Crippen LogP contribution in [-0.2, 0) is 4.79 Å². The maximum atomic E-state index is 11.6. The number of furan rings is 1. The third kappa shape index (κ3) is 3.74. The standard InChI is InChI=1S/C14H19NO3/c1-10-2-5-13(18-10)6-7-14(17)15-9-11-3-4-12(16)8-11/h2,5-7,11-12,16H,3-4,8-9H2,1H3,(H,15,17)/b7-6+. The van der Waals surface area contributed by atoms with Crippen LogP contribution in [0.25, 0.3) is 6.08 Å². The smallest absolute Gasteiger partial charge is 0.244 e. The number of aryl methyl sites for hydroxylation is 1. The molecule has 4 nitrogen and oxygen atoms in total. The van der Waals surface area contributed by atoms with Gasteiger partial charge in [-0.25, -0.2) is 0 Å². The van der Waals surface area contributed by atoms with Crippen LogP contribution in [0.3, 0.4) is 0 Å². The van der Waals surface area contributed by atoms with Crippen LogP contribution in [-0.4, -0.2) is 23.7 Å². The third-order valence-electron chi connectivity index (χ3n) is 3.24. The van der Waals surface area contributed by atoms with E-state index < -0.39 is 0 Å². The van der Waals surface area contributed by atoms with E-state index in [9.17, 15) is 9.90 Å². The van der Waals surface area contributed by atoms with E-state index in [1.807, 2.05) is 19.1 Å². The molecule has 2 N–H and O–H groups in total. The molecule has 2 rings (SSSR count). The molecule has 0 bridgehead atoms. The van der Waals surface area contributed by atoms with E-state index in [-0.39, 0.29) is 12.0 Å². The summed E-state index contributed by atoms with van der Waals surface area (Å²) in [5, 5.41) is 12.2. The lowest BCUT2D eigenvalue weighted by atomic mass is 10.1. The van der Waals surface area contributed by atoms with Gasteiger partial charge in [-0.1, -0.05) is 0 Å². The fraction of sp³-hybridized carbons (Fsp3) is 0.500. The van der Waals surface area contributed by atoms with Crippen molar-refractivity contribution in [2.75, 3.05) is 6.54 Å². The van der Waals surface area contributed by atoms with Gasteiger partial charge in [0.05, 0.1) is 6.10 Å². The molecule has 0 aliphatic heterocycles. The van der Waals surface area contributed by atoms with Gasteiger partial charge in [-0.3, -0.25) is 4.79 Å². The van der Waals surface area contributed by atoms with E-state index in [1.165, 1.54) is 6.08 Å². The first-order chi connectivity index (χ1) is 8.63. The lowest BCUT2D eigenvalue weighted by molar-refractivity contribution is -0.116. The van der Waals surface area contributed by atoms with E-state index in [0.29, 0.717) is 18.2 Å². The Morgan fingerprint density at radius 2 is 2.39 bits per heavy atom. The van der Waals surface area contributed by atoms with Gasteiger partial charge in [0.15, 0.2) is 0 Å². The molecule has 1 amide bonds. The summed E-state index contributed by atoms with van der Waals surface area (Å²) < 4.78 is 5.33. The van der Waals surface area contributed by atoms with Gasteiger partial charge in [0.2, 0.25) is 5.91 Å². The van der Waals surface area contributed by atoms with E-state index in [0.717, 1.165) is 25.0 Å². The first kappa shape index (κ1) is 12.9.